The Balaban J connectivity index is 2.27. The van der Waals surface area contributed by atoms with Crippen molar-refractivity contribution in [2.24, 2.45) is 5.73 Å². The van der Waals surface area contributed by atoms with Crippen molar-refractivity contribution in [3.05, 3.63) is 35.9 Å². The molecule has 0 aliphatic heterocycles. The Labute approximate surface area is 144 Å². The number of carbonyl (C=O) groups is 4. The molecule has 2 atom stereocenters. The number of urea groups is 1. The van der Waals surface area contributed by atoms with Gasteiger partial charge in [0.2, 0.25) is 5.91 Å². The molecule has 1 rings (SSSR count). The van der Waals surface area contributed by atoms with Crippen molar-refractivity contribution in [3.8, 4) is 0 Å². The number of hydrazine groups is 1. The molecule has 0 heterocycles. The molecule has 10 nitrogen and oxygen atoms in total. The van der Waals surface area contributed by atoms with E-state index in [2.05, 4.69) is 10.6 Å². The highest BCUT2D eigenvalue weighted by Crippen LogP contribution is 2.01. The van der Waals surface area contributed by atoms with E-state index in [1.54, 1.807) is 0 Å². The van der Waals surface area contributed by atoms with Crippen LogP contribution >= 0.6 is 0 Å². The van der Waals surface area contributed by atoms with Gasteiger partial charge in [0.1, 0.15) is 6.04 Å². The fourth-order valence-electron chi connectivity index (χ4n) is 1.72. The van der Waals surface area contributed by atoms with Crippen LogP contribution < -0.4 is 27.2 Å². The van der Waals surface area contributed by atoms with Crippen LogP contribution in [0.2, 0.25) is 0 Å². The molecule has 0 bridgehead atoms. The number of carboxylic acid groups (broad SMARTS) is 1. The largest absolute Gasteiger partial charge is 0.480 e. The summed E-state index contributed by atoms with van der Waals surface area (Å²) in [5, 5.41) is 13.0. The Morgan fingerprint density at radius 2 is 1.76 bits per heavy atom. The molecule has 0 aliphatic carbocycles. The average molecular weight is 351 g/mol. The van der Waals surface area contributed by atoms with Crippen molar-refractivity contribution in [2.75, 3.05) is 6.54 Å². The molecule has 0 unspecified atom stereocenters. The van der Waals surface area contributed by atoms with E-state index >= 15 is 0 Å². The Morgan fingerprint density at radius 1 is 1.12 bits per heavy atom. The second-order valence-corrected chi connectivity index (χ2v) is 5.22. The SMILES string of the molecule is C[C@H](NC(=O)NNC(=O)CNC(=O)[C@@H](N)Cc1ccccc1)C(=O)O. The van der Waals surface area contributed by atoms with Crippen LogP contribution in [0.15, 0.2) is 30.3 Å². The Kier molecular flexibility index (Phi) is 7.87. The first-order valence-corrected chi connectivity index (χ1v) is 7.45. The Hall–Kier alpha value is -3.14. The smallest absolute Gasteiger partial charge is 0.334 e. The van der Waals surface area contributed by atoms with E-state index in [0.717, 1.165) is 5.56 Å². The number of nitrogens with one attached hydrogen (secondary N) is 4. The summed E-state index contributed by atoms with van der Waals surface area (Å²) in [6, 6.07) is 6.34. The predicted molar refractivity (Wildman–Crippen MR) is 88.0 cm³/mol. The monoisotopic (exact) mass is 351 g/mol. The van der Waals surface area contributed by atoms with Gasteiger partial charge in [-0.1, -0.05) is 30.3 Å². The Bertz CT molecular complexity index is 622. The molecule has 0 radical (unpaired) electrons. The van der Waals surface area contributed by atoms with E-state index < -0.39 is 42.4 Å². The molecule has 0 aliphatic rings. The summed E-state index contributed by atoms with van der Waals surface area (Å²) in [5.74, 6) is -2.43. The van der Waals surface area contributed by atoms with Crippen LogP contribution in [0.5, 0.6) is 0 Å². The summed E-state index contributed by atoms with van der Waals surface area (Å²) in [6.45, 7) is 0.869. The van der Waals surface area contributed by atoms with E-state index in [0.29, 0.717) is 6.42 Å². The third-order valence-electron chi connectivity index (χ3n) is 3.09. The van der Waals surface area contributed by atoms with E-state index in [4.69, 9.17) is 10.8 Å². The normalized spacial score (nSPS) is 12.4. The van der Waals surface area contributed by atoms with E-state index in [1.807, 2.05) is 41.2 Å². The molecule has 10 heteroatoms. The van der Waals surface area contributed by atoms with Gasteiger partial charge in [-0.15, -0.1) is 0 Å². The molecule has 0 saturated carbocycles. The number of aliphatic carboxylic acids is 1. The molecule has 25 heavy (non-hydrogen) atoms. The van der Waals surface area contributed by atoms with E-state index in [9.17, 15) is 19.2 Å². The van der Waals surface area contributed by atoms with Crippen molar-refractivity contribution in [1.82, 2.24) is 21.5 Å². The lowest BCUT2D eigenvalue weighted by atomic mass is 10.1. The van der Waals surface area contributed by atoms with Crippen LogP contribution in [0.4, 0.5) is 4.79 Å². The number of amides is 4. The minimum Gasteiger partial charge on any atom is -0.480 e. The number of benzene rings is 1. The third-order valence-corrected chi connectivity index (χ3v) is 3.09. The highest BCUT2D eigenvalue weighted by Gasteiger charge is 2.16. The van der Waals surface area contributed by atoms with Gasteiger partial charge in [0.25, 0.3) is 5.91 Å². The zero-order chi connectivity index (χ0) is 18.8. The molecular weight excluding hydrogens is 330 g/mol. The second kappa shape index (κ2) is 9.88. The fraction of sp³-hybridized carbons (Fsp3) is 0.333. The maximum absolute atomic E-state index is 11.8. The fourth-order valence-corrected chi connectivity index (χ4v) is 1.72. The van der Waals surface area contributed by atoms with Crippen LogP contribution in [0.25, 0.3) is 0 Å². The molecular formula is C15H21N5O5. The molecule has 136 valence electrons. The minimum atomic E-state index is -1.22. The van der Waals surface area contributed by atoms with Crippen LogP contribution in [0, 0.1) is 0 Å². The van der Waals surface area contributed by atoms with Crippen molar-refractivity contribution in [3.63, 3.8) is 0 Å². The molecule has 4 amide bonds. The van der Waals surface area contributed by atoms with Crippen molar-refractivity contribution < 1.29 is 24.3 Å². The molecule has 1 aromatic carbocycles. The van der Waals surface area contributed by atoms with Gasteiger partial charge in [-0.25, -0.2) is 10.2 Å². The maximum Gasteiger partial charge on any atom is 0.334 e. The average Bonchev–Trinajstić information content (AvgIpc) is 2.58. The summed E-state index contributed by atoms with van der Waals surface area (Å²) < 4.78 is 0. The minimum absolute atomic E-state index is 0.321. The lowest BCUT2D eigenvalue weighted by molar-refractivity contribution is -0.138. The first-order valence-electron chi connectivity index (χ1n) is 7.45. The van der Waals surface area contributed by atoms with Crippen LogP contribution in [-0.2, 0) is 20.8 Å². The predicted octanol–water partition coefficient (Wildman–Crippen LogP) is -1.52. The van der Waals surface area contributed by atoms with E-state index in [1.165, 1.54) is 6.92 Å². The zero-order valence-corrected chi connectivity index (χ0v) is 13.6. The third kappa shape index (κ3) is 7.79. The van der Waals surface area contributed by atoms with Crippen LogP contribution in [0.1, 0.15) is 12.5 Å². The first kappa shape index (κ1) is 19.9. The van der Waals surface area contributed by atoms with Gasteiger partial charge in [0.05, 0.1) is 12.6 Å². The van der Waals surface area contributed by atoms with Gasteiger partial charge in [-0.2, -0.15) is 0 Å². The van der Waals surface area contributed by atoms with Gasteiger partial charge < -0.3 is 21.5 Å². The highest BCUT2D eigenvalue weighted by atomic mass is 16.4. The molecule has 7 N–H and O–H groups in total. The summed E-state index contributed by atoms with van der Waals surface area (Å²) in [7, 11) is 0. The number of carboxylic acids is 1. The number of carbonyl (C=O) groups excluding carboxylic acids is 3. The van der Waals surface area contributed by atoms with Crippen LogP contribution in [0.3, 0.4) is 0 Å². The highest BCUT2D eigenvalue weighted by molar-refractivity contribution is 5.89. The summed E-state index contributed by atoms with van der Waals surface area (Å²) in [4.78, 5) is 45.2. The molecule has 0 fully saturated rings. The number of rotatable bonds is 7. The lowest BCUT2D eigenvalue weighted by Gasteiger charge is -2.13. The number of hydrogen-bond donors (Lipinski definition) is 6. The van der Waals surface area contributed by atoms with Crippen molar-refractivity contribution in [2.45, 2.75) is 25.4 Å². The van der Waals surface area contributed by atoms with Gasteiger partial charge in [-0.05, 0) is 18.9 Å². The first-order chi connectivity index (χ1) is 11.8. The van der Waals surface area contributed by atoms with Crippen molar-refractivity contribution in [1.29, 1.82) is 0 Å². The van der Waals surface area contributed by atoms with E-state index in [-0.39, 0.29) is 0 Å². The standard InChI is InChI=1S/C15H21N5O5/c1-9(14(23)24)18-15(25)20-19-12(21)8-17-13(22)11(16)7-10-5-3-2-4-6-10/h2-6,9,11H,7-8,16H2,1H3,(H,17,22)(H,19,21)(H,23,24)(H2,18,20,25)/t9-,11-/m0/s1. The van der Waals surface area contributed by atoms with Crippen LogP contribution in [-0.4, -0.2) is 47.5 Å². The van der Waals surface area contributed by atoms with Gasteiger partial charge >= 0.3 is 12.0 Å². The second-order valence-electron chi connectivity index (χ2n) is 5.22. The van der Waals surface area contributed by atoms with Gasteiger partial charge in [0.15, 0.2) is 0 Å². The summed E-state index contributed by atoms with van der Waals surface area (Å²) in [6.07, 6.45) is 0.321. The summed E-state index contributed by atoms with van der Waals surface area (Å²) >= 11 is 0. The van der Waals surface area contributed by atoms with Gasteiger partial charge in [0, 0.05) is 0 Å². The van der Waals surface area contributed by atoms with Gasteiger partial charge in [-0.3, -0.25) is 19.8 Å². The topological polar surface area (TPSA) is 163 Å². The molecule has 1 aromatic rings. The molecule has 0 spiro atoms. The number of hydrogen-bond acceptors (Lipinski definition) is 5. The van der Waals surface area contributed by atoms with Crippen molar-refractivity contribution >= 4 is 23.8 Å². The lowest BCUT2D eigenvalue weighted by Crippen LogP contribution is -2.53. The quantitative estimate of drug-likeness (QED) is 0.327. The number of nitrogens with two attached hydrogens (primary N) is 1. The molecule has 0 saturated heterocycles. The Morgan fingerprint density at radius 3 is 2.36 bits per heavy atom. The molecule has 0 aromatic heterocycles. The maximum atomic E-state index is 11.8. The summed E-state index contributed by atoms with van der Waals surface area (Å²) in [5.41, 5.74) is 10.6. The zero-order valence-electron chi connectivity index (χ0n) is 13.6.